The van der Waals surface area contributed by atoms with Gasteiger partial charge in [-0.3, -0.25) is 0 Å². The summed E-state index contributed by atoms with van der Waals surface area (Å²) in [4.78, 5) is 3.98. The van der Waals surface area contributed by atoms with Crippen molar-refractivity contribution in [3.63, 3.8) is 0 Å². The summed E-state index contributed by atoms with van der Waals surface area (Å²) in [5, 5.41) is 0.169. The molecule has 0 unspecified atom stereocenters. The zero-order chi connectivity index (χ0) is 15.5. The van der Waals surface area contributed by atoms with Crippen LogP contribution in [-0.2, 0) is 16.6 Å². The number of hydrogen-bond donors (Lipinski definition) is 0. The fourth-order valence-electron chi connectivity index (χ4n) is 2.04. The lowest BCUT2D eigenvalue weighted by molar-refractivity contribution is 0.422. The molecule has 0 saturated heterocycles. The van der Waals surface area contributed by atoms with Gasteiger partial charge in [0.2, 0.25) is 10.0 Å². The van der Waals surface area contributed by atoms with Crippen LogP contribution in [0.3, 0.4) is 0 Å². The lowest BCUT2D eigenvalue weighted by Gasteiger charge is -2.21. The summed E-state index contributed by atoms with van der Waals surface area (Å²) in [6, 6.07) is 10.6. The van der Waals surface area contributed by atoms with Gasteiger partial charge in [0.05, 0.1) is 4.90 Å². The molecule has 0 atom stereocenters. The van der Waals surface area contributed by atoms with Gasteiger partial charge in [0.1, 0.15) is 5.15 Å². The first kappa shape index (κ1) is 15.9. The van der Waals surface area contributed by atoms with Crippen LogP contribution >= 0.6 is 11.6 Å². The van der Waals surface area contributed by atoms with E-state index >= 15 is 0 Å². The first-order chi connectivity index (χ1) is 9.95. The van der Waals surface area contributed by atoms with Crippen molar-refractivity contribution in [2.45, 2.75) is 25.3 Å². The van der Waals surface area contributed by atoms with Gasteiger partial charge in [0.15, 0.2) is 0 Å². The number of hydrogen-bond acceptors (Lipinski definition) is 3. The molecule has 2 aromatic rings. The van der Waals surface area contributed by atoms with Crippen molar-refractivity contribution in [2.75, 3.05) is 6.54 Å². The van der Waals surface area contributed by atoms with Gasteiger partial charge < -0.3 is 0 Å². The maximum absolute atomic E-state index is 12.7. The van der Waals surface area contributed by atoms with Gasteiger partial charge in [-0.2, -0.15) is 4.31 Å². The van der Waals surface area contributed by atoms with E-state index in [1.807, 2.05) is 38.1 Å². The standard InChI is InChI=1S/C15H17ClN2O2S/c1-3-18(11-13-7-5-4-6-12(13)2)21(19,20)14-8-9-17-15(16)10-14/h4-10H,3,11H2,1-2H3. The maximum atomic E-state index is 12.7. The van der Waals surface area contributed by atoms with Gasteiger partial charge in [-0.15, -0.1) is 0 Å². The lowest BCUT2D eigenvalue weighted by atomic mass is 10.1. The number of aryl methyl sites for hydroxylation is 1. The molecule has 1 heterocycles. The van der Waals surface area contributed by atoms with Gasteiger partial charge in [0, 0.05) is 19.3 Å². The average Bonchev–Trinajstić information content (AvgIpc) is 2.46. The van der Waals surface area contributed by atoms with Gasteiger partial charge in [-0.05, 0) is 30.2 Å². The second kappa shape index (κ2) is 6.56. The van der Waals surface area contributed by atoms with Crippen LogP contribution in [0.1, 0.15) is 18.1 Å². The van der Waals surface area contributed by atoms with E-state index in [9.17, 15) is 8.42 Å². The highest BCUT2D eigenvalue weighted by Crippen LogP contribution is 2.21. The smallest absolute Gasteiger partial charge is 0.243 e. The van der Waals surface area contributed by atoms with E-state index in [-0.39, 0.29) is 10.0 Å². The number of rotatable bonds is 5. The van der Waals surface area contributed by atoms with E-state index in [1.165, 1.54) is 22.6 Å². The van der Waals surface area contributed by atoms with Crippen LogP contribution < -0.4 is 0 Å². The van der Waals surface area contributed by atoms with Crippen LogP contribution in [0.15, 0.2) is 47.5 Å². The zero-order valence-electron chi connectivity index (χ0n) is 12.0. The molecule has 4 nitrogen and oxygen atoms in total. The molecule has 1 aromatic heterocycles. The Balaban J connectivity index is 2.35. The molecule has 0 fully saturated rings. The van der Waals surface area contributed by atoms with Gasteiger partial charge in [-0.25, -0.2) is 13.4 Å². The minimum atomic E-state index is -3.58. The highest BCUT2D eigenvalue weighted by Gasteiger charge is 2.24. The van der Waals surface area contributed by atoms with Crippen LogP contribution in [0.4, 0.5) is 0 Å². The summed E-state index contributed by atoms with van der Waals surface area (Å²) < 4.78 is 26.8. The Hall–Kier alpha value is -1.43. The van der Waals surface area contributed by atoms with Crippen molar-refractivity contribution in [3.8, 4) is 0 Å². The summed E-state index contributed by atoms with van der Waals surface area (Å²) in [5.74, 6) is 0. The summed E-state index contributed by atoms with van der Waals surface area (Å²) in [6.07, 6.45) is 1.40. The molecule has 0 N–H and O–H groups in total. The molecule has 6 heteroatoms. The highest BCUT2D eigenvalue weighted by molar-refractivity contribution is 7.89. The molecular weight excluding hydrogens is 308 g/mol. The quantitative estimate of drug-likeness (QED) is 0.793. The molecule has 0 amide bonds. The molecule has 0 aliphatic heterocycles. The van der Waals surface area contributed by atoms with Gasteiger partial charge in [0.25, 0.3) is 0 Å². The predicted molar refractivity (Wildman–Crippen MR) is 83.7 cm³/mol. The second-order valence-electron chi connectivity index (χ2n) is 4.67. The third-order valence-corrected chi connectivity index (χ3v) is 5.42. The Bertz CT molecular complexity index is 732. The molecule has 0 bridgehead atoms. The number of sulfonamides is 1. The second-order valence-corrected chi connectivity index (χ2v) is 7.00. The SMILES string of the molecule is CCN(Cc1ccccc1C)S(=O)(=O)c1ccnc(Cl)c1. The summed E-state index contributed by atoms with van der Waals surface area (Å²) >= 11 is 5.79. The van der Waals surface area contributed by atoms with Crippen LogP contribution in [0.5, 0.6) is 0 Å². The third kappa shape index (κ3) is 3.61. The molecular formula is C15H17ClN2O2S. The monoisotopic (exact) mass is 324 g/mol. The van der Waals surface area contributed by atoms with E-state index < -0.39 is 10.0 Å². The number of pyridine rings is 1. The average molecular weight is 325 g/mol. The molecule has 1 aromatic carbocycles. The van der Waals surface area contributed by atoms with Crippen LogP contribution in [0.2, 0.25) is 5.15 Å². The van der Waals surface area contributed by atoms with E-state index in [2.05, 4.69) is 4.98 Å². The van der Waals surface area contributed by atoms with Crippen molar-refractivity contribution in [1.82, 2.24) is 9.29 Å². The highest BCUT2D eigenvalue weighted by atomic mass is 35.5. The molecule has 2 rings (SSSR count). The topological polar surface area (TPSA) is 50.3 Å². The van der Waals surface area contributed by atoms with Crippen LogP contribution in [0.25, 0.3) is 0 Å². The Labute approximate surface area is 130 Å². The molecule has 21 heavy (non-hydrogen) atoms. The van der Waals surface area contributed by atoms with E-state index in [1.54, 1.807) is 0 Å². The lowest BCUT2D eigenvalue weighted by Crippen LogP contribution is -2.30. The number of nitrogens with zero attached hydrogens (tertiary/aromatic N) is 2. The Morgan fingerprint density at radius 3 is 2.57 bits per heavy atom. The van der Waals surface area contributed by atoms with Crippen molar-refractivity contribution >= 4 is 21.6 Å². The van der Waals surface area contributed by atoms with E-state index in [0.717, 1.165) is 11.1 Å². The van der Waals surface area contributed by atoms with Crippen molar-refractivity contribution in [3.05, 3.63) is 58.9 Å². The van der Waals surface area contributed by atoms with Gasteiger partial charge >= 0.3 is 0 Å². The van der Waals surface area contributed by atoms with E-state index in [0.29, 0.717) is 13.1 Å². The minimum absolute atomic E-state index is 0.165. The largest absolute Gasteiger partial charge is 0.244 e. The molecule has 0 spiro atoms. The first-order valence-electron chi connectivity index (χ1n) is 6.61. The predicted octanol–water partition coefficient (Wildman–Crippen LogP) is 3.25. The fraction of sp³-hybridized carbons (Fsp3) is 0.267. The third-order valence-electron chi connectivity index (χ3n) is 3.30. The number of halogens is 1. The molecule has 0 aliphatic carbocycles. The van der Waals surface area contributed by atoms with Gasteiger partial charge in [-0.1, -0.05) is 42.8 Å². The summed E-state index contributed by atoms with van der Waals surface area (Å²) in [7, 11) is -3.58. The van der Waals surface area contributed by atoms with Crippen LogP contribution in [-0.4, -0.2) is 24.3 Å². The van der Waals surface area contributed by atoms with Crippen molar-refractivity contribution in [2.24, 2.45) is 0 Å². The number of aromatic nitrogens is 1. The fourth-order valence-corrected chi connectivity index (χ4v) is 3.72. The minimum Gasteiger partial charge on any atom is -0.244 e. The zero-order valence-corrected chi connectivity index (χ0v) is 13.5. The number of benzene rings is 1. The first-order valence-corrected chi connectivity index (χ1v) is 8.43. The molecule has 112 valence electrons. The summed E-state index contributed by atoms with van der Waals surface area (Å²) in [5.41, 5.74) is 2.06. The molecule has 0 saturated carbocycles. The Kier molecular flexibility index (Phi) is 4.98. The van der Waals surface area contributed by atoms with E-state index in [4.69, 9.17) is 11.6 Å². The van der Waals surface area contributed by atoms with Crippen molar-refractivity contribution < 1.29 is 8.42 Å². The van der Waals surface area contributed by atoms with Crippen molar-refractivity contribution in [1.29, 1.82) is 0 Å². The Morgan fingerprint density at radius 1 is 1.24 bits per heavy atom. The summed E-state index contributed by atoms with van der Waals surface area (Å²) in [6.45, 7) is 4.51. The molecule has 0 radical (unpaired) electrons. The normalized spacial score (nSPS) is 11.8. The Morgan fingerprint density at radius 2 is 1.95 bits per heavy atom. The van der Waals surface area contributed by atoms with Crippen LogP contribution in [0, 0.1) is 6.92 Å². The maximum Gasteiger partial charge on any atom is 0.243 e. The molecule has 0 aliphatic rings.